The molecule has 21 heavy (non-hydrogen) atoms. The second-order valence-electron chi connectivity index (χ2n) is 5.06. The van der Waals surface area contributed by atoms with Crippen LogP contribution in [0.2, 0.25) is 0 Å². The maximum atomic E-state index is 13.9. The van der Waals surface area contributed by atoms with E-state index in [0.29, 0.717) is 17.8 Å². The van der Waals surface area contributed by atoms with Crippen molar-refractivity contribution in [1.82, 2.24) is 0 Å². The lowest BCUT2D eigenvalue weighted by atomic mass is 10.1. The van der Waals surface area contributed by atoms with E-state index in [2.05, 4.69) is 0 Å². The second-order valence-corrected chi connectivity index (χ2v) is 5.06. The largest absolute Gasteiger partial charge is 0.497 e. The van der Waals surface area contributed by atoms with Crippen LogP contribution < -0.4 is 9.64 Å². The number of ether oxygens (including phenoxy) is 1. The first-order valence-electron chi connectivity index (χ1n) is 6.83. The van der Waals surface area contributed by atoms with Crippen LogP contribution in [0.4, 0.5) is 10.1 Å². The zero-order chi connectivity index (χ0) is 15.4. The highest BCUT2D eigenvalue weighted by atomic mass is 19.1. The number of aliphatic hydroxyl groups is 1. The predicted molar refractivity (Wildman–Crippen MR) is 82.1 cm³/mol. The van der Waals surface area contributed by atoms with E-state index >= 15 is 0 Å². The van der Waals surface area contributed by atoms with Gasteiger partial charge >= 0.3 is 0 Å². The summed E-state index contributed by atoms with van der Waals surface area (Å²) in [5.41, 5.74) is 2.06. The summed E-state index contributed by atoms with van der Waals surface area (Å²) in [6, 6.07) is 12.6. The molecule has 0 saturated carbocycles. The molecular weight excluding hydrogens is 269 g/mol. The number of methoxy groups -OCH3 is 1. The standard InChI is InChI=1S/C17H20FNO2/c1-12(20)17-15(18)8-5-9-16(17)19(2)11-13-6-4-7-14(10-13)21-3/h4-10,12,20H,11H2,1-3H3. The van der Waals surface area contributed by atoms with E-state index in [0.717, 1.165) is 11.3 Å². The lowest BCUT2D eigenvalue weighted by Gasteiger charge is -2.24. The molecule has 1 unspecified atom stereocenters. The number of anilines is 1. The quantitative estimate of drug-likeness (QED) is 0.914. The average molecular weight is 289 g/mol. The minimum Gasteiger partial charge on any atom is -0.497 e. The minimum absolute atomic E-state index is 0.322. The fraction of sp³-hybridized carbons (Fsp3) is 0.294. The first kappa shape index (κ1) is 15.3. The van der Waals surface area contributed by atoms with Gasteiger partial charge < -0.3 is 14.7 Å². The smallest absolute Gasteiger partial charge is 0.131 e. The van der Waals surface area contributed by atoms with Crippen LogP contribution in [0.25, 0.3) is 0 Å². The van der Waals surface area contributed by atoms with Gasteiger partial charge in [0.2, 0.25) is 0 Å². The van der Waals surface area contributed by atoms with E-state index in [1.807, 2.05) is 42.3 Å². The number of benzene rings is 2. The molecule has 0 heterocycles. The average Bonchev–Trinajstić information content (AvgIpc) is 2.46. The monoisotopic (exact) mass is 289 g/mol. The zero-order valence-corrected chi connectivity index (χ0v) is 12.5. The van der Waals surface area contributed by atoms with Crippen molar-refractivity contribution in [2.75, 3.05) is 19.1 Å². The molecule has 0 bridgehead atoms. The van der Waals surface area contributed by atoms with Crippen LogP contribution in [0.1, 0.15) is 24.2 Å². The highest BCUT2D eigenvalue weighted by Crippen LogP contribution is 2.29. The Morgan fingerprint density at radius 1 is 1.24 bits per heavy atom. The molecule has 112 valence electrons. The van der Waals surface area contributed by atoms with Gasteiger partial charge in [0.05, 0.1) is 13.2 Å². The molecule has 0 aliphatic rings. The number of nitrogens with zero attached hydrogens (tertiary/aromatic N) is 1. The van der Waals surface area contributed by atoms with Gasteiger partial charge in [0.25, 0.3) is 0 Å². The van der Waals surface area contributed by atoms with Crippen molar-refractivity contribution < 1.29 is 14.2 Å². The van der Waals surface area contributed by atoms with Gasteiger partial charge in [-0.05, 0) is 36.8 Å². The molecule has 2 aromatic rings. The molecule has 0 radical (unpaired) electrons. The third-order valence-electron chi connectivity index (χ3n) is 3.41. The Kier molecular flexibility index (Phi) is 4.81. The third kappa shape index (κ3) is 3.52. The molecule has 1 atom stereocenters. The Hall–Kier alpha value is -2.07. The SMILES string of the molecule is COc1cccc(CN(C)c2cccc(F)c2C(C)O)c1. The van der Waals surface area contributed by atoms with Crippen LogP contribution in [0.5, 0.6) is 5.75 Å². The summed E-state index contributed by atoms with van der Waals surface area (Å²) in [4.78, 5) is 1.92. The molecule has 0 aromatic heterocycles. The Bertz CT molecular complexity index is 613. The lowest BCUT2D eigenvalue weighted by molar-refractivity contribution is 0.194. The fourth-order valence-corrected chi connectivity index (χ4v) is 2.40. The predicted octanol–water partition coefficient (Wildman–Crippen LogP) is 3.52. The van der Waals surface area contributed by atoms with Crippen LogP contribution in [0, 0.1) is 5.82 Å². The molecule has 0 saturated heterocycles. The van der Waals surface area contributed by atoms with Gasteiger partial charge in [-0.3, -0.25) is 0 Å². The molecule has 2 aromatic carbocycles. The molecule has 0 aliphatic carbocycles. The number of rotatable bonds is 5. The summed E-state index contributed by atoms with van der Waals surface area (Å²) >= 11 is 0. The molecule has 0 fully saturated rings. The Labute approximate surface area is 124 Å². The number of aliphatic hydroxyl groups excluding tert-OH is 1. The third-order valence-corrected chi connectivity index (χ3v) is 3.41. The molecule has 0 aliphatic heterocycles. The summed E-state index contributed by atoms with van der Waals surface area (Å²) in [7, 11) is 3.50. The van der Waals surface area contributed by atoms with Crippen molar-refractivity contribution in [2.24, 2.45) is 0 Å². The molecule has 0 spiro atoms. The topological polar surface area (TPSA) is 32.7 Å². The maximum absolute atomic E-state index is 13.9. The summed E-state index contributed by atoms with van der Waals surface area (Å²) < 4.78 is 19.1. The molecule has 4 heteroatoms. The number of hydrogen-bond donors (Lipinski definition) is 1. The normalized spacial score (nSPS) is 12.0. The van der Waals surface area contributed by atoms with E-state index in [1.165, 1.54) is 6.07 Å². The summed E-state index contributed by atoms with van der Waals surface area (Å²) in [5.74, 6) is 0.399. The van der Waals surface area contributed by atoms with Crippen LogP contribution in [-0.4, -0.2) is 19.3 Å². The fourth-order valence-electron chi connectivity index (χ4n) is 2.40. The van der Waals surface area contributed by atoms with Crippen molar-refractivity contribution in [3.8, 4) is 5.75 Å². The first-order valence-corrected chi connectivity index (χ1v) is 6.83. The van der Waals surface area contributed by atoms with Crippen LogP contribution in [0.15, 0.2) is 42.5 Å². The van der Waals surface area contributed by atoms with Gasteiger partial charge in [-0.2, -0.15) is 0 Å². The number of hydrogen-bond acceptors (Lipinski definition) is 3. The lowest BCUT2D eigenvalue weighted by Crippen LogP contribution is -2.19. The summed E-state index contributed by atoms with van der Waals surface area (Å²) in [5, 5.41) is 9.80. The van der Waals surface area contributed by atoms with E-state index < -0.39 is 6.10 Å². The zero-order valence-electron chi connectivity index (χ0n) is 12.5. The molecule has 2 rings (SSSR count). The molecule has 0 amide bonds. The Balaban J connectivity index is 2.28. The Morgan fingerprint density at radius 3 is 2.62 bits per heavy atom. The van der Waals surface area contributed by atoms with E-state index in [4.69, 9.17) is 4.74 Å². The summed E-state index contributed by atoms with van der Waals surface area (Å²) in [6.07, 6.45) is -0.853. The molecule has 1 N–H and O–H groups in total. The van der Waals surface area contributed by atoms with Gasteiger partial charge in [0, 0.05) is 24.8 Å². The first-order chi connectivity index (χ1) is 10.0. The minimum atomic E-state index is -0.853. The summed E-state index contributed by atoms with van der Waals surface area (Å²) in [6.45, 7) is 2.17. The van der Waals surface area contributed by atoms with Crippen molar-refractivity contribution in [1.29, 1.82) is 0 Å². The van der Waals surface area contributed by atoms with Crippen molar-refractivity contribution >= 4 is 5.69 Å². The van der Waals surface area contributed by atoms with Crippen LogP contribution in [-0.2, 0) is 6.54 Å². The van der Waals surface area contributed by atoms with Crippen molar-refractivity contribution in [3.05, 3.63) is 59.4 Å². The van der Waals surface area contributed by atoms with Gasteiger partial charge in [-0.25, -0.2) is 4.39 Å². The van der Waals surface area contributed by atoms with Crippen LogP contribution >= 0.6 is 0 Å². The molecule has 3 nitrogen and oxygen atoms in total. The van der Waals surface area contributed by atoms with E-state index in [9.17, 15) is 9.50 Å². The maximum Gasteiger partial charge on any atom is 0.131 e. The second kappa shape index (κ2) is 6.59. The van der Waals surface area contributed by atoms with Gasteiger partial charge in [0.15, 0.2) is 0 Å². The van der Waals surface area contributed by atoms with Crippen LogP contribution in [0.3, 0.4) is 0 Å². The Morgan fingerprint density at radius 2 is 1.95 bits per heavy atom. The van der Waals surface area contributed by atoms with E-state index in [1.54, 1.807) is 20.1 Å². The van der Waals surface area contributed by atoms with Gasteiger partial charge in [0.1, 0.15) is 11.6 Å². The highest BCUT2D eigenvalue weighted by Gasteiger charge is 2.16. The van der Waals surface area contributed by atoms with Crippen molar-refractivity contribution in [2.45, 2.75) is 19.6 Å². The molecular formula is C17H20FNO2. The van der Waals surface area contributed by atoms with Gasteiger partial charge in [-0.15, -0.1) is 0 Å². The van der Waals surface area contributed by atoms with Crippen molar-refractivity contribution in [3.63, 3.8) is 0 Å². The highest BCUT2D eigenvalue weighted by molar-refractivity contribution is 5.55. The van der Waals surface area contributed by atoms with E-state index in [-0.39, 0.29) is 5.82 Å². The number of halogens is 1. The van der Waals surface area contributed by atoms with Gasteiger partial charge in [-0.1, -0.05) is 18.2 Å².